The van der Waals surface area contributed by atoms with Crippen LogP contribution in [0.15, 0.2) is 47.6 Å². The number of hydrogen-bond donors (Lipinski definition) is 1. The Balaban J connectivity index is 1.59. The first kappa shape index (κ1) is 18.3. The summed E-state index contributed by atoms with van der Waals surface area (Å²) in [5.74, 6) is 1.31. The van der Waals surface area contributed by atoms with Crippen LogP contribution in [-0.4, -0.2) is 31.4 Å². The number of carbonyl (C=O) groups is 1. The van der Waals surface area contributed by atoms with Crippen molar-refractivity contribution in [2.24, 2.45) is 5.10 Å². The normalized spacial score (nSPS) is 13.3. The lowest BCUT2D eigenvalue weighted by molar-refractivity contribution is -0.123. The van der Waals surface area contributed by atoms with Crippen molar-refractivity contribution in [3.05, 3.63) is 53.6 Å². The summed E-state index contributed by atoms with van der Waals surface area (Å²) in [6.45, 7) is 2.78. The molecule has 0 radical (unpaired) electrons. The molecule has 0 fully saturated rings. The molecule has 7 nitrogen and oxygen atoms in total. The molecule has 0 aromatic heterocycles. The van der Waals surface area contributed by atoms with Crippen molar-refractivity contribution in [1.29, 1.82) is 5.26 Å². The SMILES string of the molecule is C/C(=N/NC(=O)COc1ccccc1C#N)c1ccc2c(c1)OCCCO2. The molecule has 2 aromatic carbocycles. The summed E-state index contributed by atoms with van der Waals surface area (Å²) >= 11 is 0. The number of benzene rings is 2. The number of rotatable bonds is 5. The summed E-state index contributed by atoms with van der Waals surface area (Å²) in [7, 11) is 0. The molecule has 1 aliphatic heterocycles. The maximum absolute atomic E-state index is 12.0. The summed E-state index contributed by atoms with van der Waals surface area (Å²) in [4.78, 5) is 12.0. The Bertz CT molecular complexity index is 902. The number of nitrogens with one attached hydrogen (secondary N) is 1. The molecule has 1 amide bonds. The van der Waals surface area contributed by atoms with Gasteiger partial charge in [0.1, 0.15) is 11.8 Å². The topological polar surface area (TPSA) is 92.9 Å². The van der Waals surface area contributed by atoms with Gasteiger partial charge < -0.3 is 14.2 Å². The lowest BCUT2D eigenvalue weighted by Gasteiger charge is -2.09. The van der Waals surface area contributed by atoms with Crippen LogP contribution in [0, 0.1) is 11.3 Å². The minimum atomic E-state index is -0.420. The molecular weight excluding hydrogens is 346 g/mol. The number of fused-ring (bicyclic) bond motifs is 1. The van der Waals surface area contributed by atoms with Crippen molar-refractivity contribution in [2.45, 2.75) is 13.3 Å². The summed E-state index contributed by atoms with van der Waals surface area (Å²) in [6.07, 6.45) is 0.835. The average Bonchev–Trinajstić information content (AvgIpc) is 2.95. The van der Waals surface area contributed by atoms with Crippen molar-refractivity contribution < 1.29 is 19.0 Å². The van der Waals surface area contributed by atoms with Crippen LogP contribution in [0.3, 0.4) is 0 Å². The molecule has 0 unspecified atom stereocenters. The Morgan fingerprint density at radius 1 is 1.22 bits per heavy atom. The lowest BCUT2D eigenvalue weighted by atomic mass is 10.1. The molecule has 0 saturated heterocycles. The highest BCUT2D eigenvalue weighted by atomic mass is 16.5. The second-order valence-electron chi connectivity index (χ2n) is 5.84. The standard InChI is InChI=1S/C20H19N3O4/c1-14(15-7-8-18-19(11-15)26-10-4-9-25-18)22-23-20(24)13-27-17-6-3-2-5-16(17)12-21/h2-3,5-8,11H,4,9-10,13H2,1H3,(H,23,24)/b22-14-. The van der Waals surface area contributed by atoms with Crippen LogP contribution in [0.1, 0.15) is 24.5 Å². The lowest BCUT2D eigenvalue weighted by Crippen LogP contribution is -2.25. The van der Waals surface area contributed by atoms with Crippen molar-refractivity contribution in [2.75, 3.05) is 19.8 Å². The Hall–Kier alpha value is -3.53. The largest absolute Gasteiger partial charge is 0.490 e. The number of amides is 1. The van der Waals surface area contributed by atoms with Gasteiger partial charge in [0.25, 0.3) is 5.91 Å². The smallest absolute Gasteiger partial charge is 0.277 e. The van der Waals surface area contributed by atoms with Crippen molar-refractivity contribution in [3.8, 4) is 23.3 Å². The minimum absolute atomic E-state index is 0.239. The highest BCUT2D eigenvalue weighted by Crippen LogP contribution is 2.30. The van der Waals surface area contributed by atoms with Crippen LogP contribution in [-0.2, 0) is 4.79 Å². The van der Waals surface area contributed by atoms with E-state index in [4.69, 9.17) is 19.5 Å². The van der Waals surface area contributed by atoms with Crippen LogP contribution in [0.5, 0.6) is 17.2 Å². The second-order valence-corrected chi connectivity index (χ2v) is 5.84. The number of nitrogens with zero attached hydrogens (tertiary/aromatic N) is 2. The molecule has 0 bridgehead atoms. The molecule has 0 atom stereocenters. The van der Waals surface area contributed by atoms with E-state index in [0.29, 0.717) is 41.7 Å². The molecule has 138 valence electrons. The quantitative estimate of drug-likeness (QED) is 0.649. The number of para-hydroxylation sites is 1. The summed E-state index contributed by atoms with van der Waals surface area (Å²) in [6, 6.07) is 14.3. The third-order valence-electron chi connectivity index (χ3n) is 3.88. The molecule has 2 aromatic rings. The molecule has 0 spiro atoms. The molecule has 1 heterocycles. The van der Waals surface area contributed by atoms with Gasteiger partial charge >= 0.3 is 0 Å². The maximum Gasteiger partial charge on any atom is 0.277 e. The van der Waals surface area contributed by atoms with E-state index in [1.807, 2.05) is 24.3 Å². The molecule has 3 rings (SSSR count). The molecular formula is C20H19N3O4. The zero-order valence-corrected chi connectivity index (χ0v) is 14.9. The van der Waals surface area contributed by atoms with E-state index in [1.165, 1.54) is 0 Å². The number of hydrogen-bond acceptors (Lipinski definition) is 6. The highest BCUT2D eigenvalue weighted by molar-refractivity contribution is 5.99. The monoisotopic (exact) mass is 365 g/mol. The second kappa shape index (κ2) is 8.72. The Kier molecular flexibility index (Phi) is 5.90. The van der Waals surface area contributed by atoms with Crippen molar-refractivity contribution in [3.63, 3.8) is 0 Å². The Labute approximate surface area is 157 Å². The third-order valence-corrected chi connectivity index (χ3v) is 3.88. The average molecular weight is 365 g/mol. The van der Waals surface area contributed by atoms with Crippen LogP contribution < -0.4 is 19.6 Å². The molecule has 7 heteroatoms. The fraction of sp³-hybridized carbons (Fsp3) is 0.250. The predicted molar refractivity (Wildman–Crippen MR) is 99.1 cm³/mol. The van der Waals surface area contributed by atoms with Gasteiger partial charge in [0, 0.05) is 12.0 Å². The van der Waals surface area contributed by atoms with Gasteiger partial charge in [-0.15, -0.1) is 0 Å². The first-order valence-corrected chi connectivity index (χ1v) is 8.52. The first-order chi connectivity index (χ1) is 13.2. The fourth-order valence-electron chi connectivity index (χ4n) is 2.46. The molecule has 0 aliphatic carbocycles. The van der Waals surface area contributed by atoms with Gasteiger partial charge in [-0.2, -0.15) is 10.4 Å². The molecule has 1 N–H and O–H groups in total. The summed E-state index contributed by atoms with van der Waals surface area (Å²) in [5.41, 5.74) is 4.26. The maximum atomic E-state index is 12.0. The zero-order valence-electron chi connectivity index (χ0n) is 14.9. The molecule has 27 heavy (non-hydrogen) atoms. The van der Waals surface area contributed by atoms with Crippen LogP contribution >= 0.6 is 0 Å². The van der Waals surface area contributed by atoms with Gasteiger partial charge in [-0.25, -0.2) is 5.43 Å². The van der Waals surface area contributed by atoms with Crippen LogP contribution in [0.2, 0.25) is 0 Å². The zero-order chi connectivity index (χ0) is 19.1. The number of nitriles is 1. The van der Waals surface area contributed by atoms with E-state index >= 15 is 0 Å². The first-order valence-electron chi connectivity index (χ1n) is 8.52. The number of carbonyl (C=O) groups excluding carboxylic acids is 1. The van der Waals surface area contributed by atoms with E-state index in [-0.39, 0.29) is 6.61 Å². The van der Waals surface area contributed by atoms with E-state index in [1.54, 1.807) is 31.2 Å². The van der Waals surface area contributed by atoms with Crippen LogP contribution in [0.4, 0.5) is 0 Å². The van der Waals surface area contributed by atoms with Gasteiger partial charge in [0.2, 0.25) is 0 Å². The van der Waals surface area contributed by atoms with Gasteiger partial charge in [-0.1, -0.05) is 12.1 Å². The van der Waals surface area contributed by atoms with E-state index < -0.39 is 5.91 Å². The summed E-state index contributed by atoms with van der Waals surface area (Å²) in [5, 5.41) is 13.1. The third kappa shape index (κ3) is 4.76. The van der Waals surface area contributed by atoms with Gasteiger partial charge in [0.05, 0.1) is 24.5 Å². The fourth-order valence-corrected chi connectivity index (χ4v) is 2.46. The minimum Gasteiger partial charge on any atom is -0.490 e. The van der Waals surface area contributed by atoms with Crippen molar-refractivity contribution >= 4 is 11.6 Å². The van der Waals surface area contributed by atoms with E-state index in [9.17, 15) is 4.79 Å². The van der Waals surface area contributed by atoms with Gasteiger partial charge in [-0.05, 0) is 37.3 Å². The van der Waals surface area contributed by atoms with Gasteiger partial charge in [-0.3, -0.25) is 4.79 Å². The number of hydrazone groups is 1. The van der Waals surface area contributed by atoms with Crippen molar-refractivity contribution in [1.82, 2.24) is 5.43 Å². The Morgan fingerprint density at radius 2 is 2.00 bits per heavy atom. The van der Waals surface area contributed by atoms with Crippen LogP contribution in [0.25, 0.3) is 0 Å². The van der Waals surface area contributed by atoms with E-state index in [0.717, 1.165) is 12.0 Å². The Morgan fingerprint density at radius 3 is 2.81 bits per heavy atom. The van der Waals surface area contributed by atoms with E-state index in [2.05, 4.69) is 10.5 Å². The highest BCUT2D eigenvalue weighted by Gasteiger charge is 2.12. The van der Waals surface area contributed by atoms with Gasteiger partial charge in [0.15, 0.2) is 18.1 Å². The number of ether oxygens (including phenoxy) is 3. The molecule has 0 saturated carbocycles. The molecule has 1 aliphatic rings. The summed E-state index contributed by atoms with van der Waals surface area (Å²) < 4.78 is 16.6. The predicted octanol–water partition coefficient (Wildman–Crippen LogP) is 2.64.